The van der Waals surface area contributed by atoms with Crippen LogP contribution in [0, 0.1) is 0 Å². The van der Waals surface area contributed by atoms with Gasteiger partial charge in [-0.05, 0) is 48.0 Å². The molecule has 0 fully saturated rings. The first-order valence-electron chi connectivity index (χ1n) is 7.65. The summed E-state index contributed by atoms with van der Waals surface area (Å²) < 4.78 is 49.8. The van der Waals surface area contributed by atoms with Crippen LogP contribution in [0.25, 0.3) is 6.08 Å². The molecule has 2 aromatic carbocycles. The molecule has 0 amide bonds. The van der Waals surface area contributed by atoms with E-state index in [4.69, 9.17) is 9.47 Å². The quantitative estimate of drug-likeness (QED) is 0.412. The highest BCUT2D eigenvalue weighted by Crippen LogP contribution is 2.23. The van der Waals surface area contributed by atoms with Crippen LogP contribution in [0.4, 0.5) is 13.2 Å². The summed E-state index contributed by atoms with van der Waals surface area (Å²) in [5.74, 6) is -0.911. The highest BCUT2D eigenvalue weighted by molar-refractivity contribution is 5.99. The Morgan fingerprint density at radius 2 is 1.56 bits per heavy atom. The van der Waals surface area contributed by atoms with E-state index in [9.17, 15) is 22.8 Å². The predicted molar refractivity (Wildman–Crippen MR) is 90.4 cm³/mol. The lowest BCUT2D eigenvalue weighted by Gasteiger charge is -2.08. The molecule has 2 rings (SSSR count). The van der Waals surface area contributed by atoms with Crippen molar-refractivity contribution in [3.63, 3.8) is 0 Å². The fourth-order valence-corrected chi connectivity index (χ4v) is 1.99. The number of carbonyl (C=O) groups excluding carboxylic acids is 2. The Balaban J connectivity index is 1.84. The third kappa shape index (κ3) is 6.85. The van der Waals surface area contributed by atoms with Crippen LogP contribution in [0.1, 0.15) is 15.9 Å². The lowest BCUT2D eigenvalue weighted by Crippen LogP contribution is -2.16. The third-order valence-corrected chi connectivity index (χ3v) is 3.28. The van der Waals surface area contributed by atoms with Crippen LogP contribution in [0.5, 0.6) is 11.5 Å². The molecule has 0 aliphatic carbocycles. The van der Waals surface area contributed by atoms with Gasteiger partial charge in [-0.25, -0.2) is 4.79 Å². The molecule has 0 aliphatic rings. The van der Waals surface area contributed by atoms with Gasteiger partial charge >= 0.3 is 12.3 Å². The Kier molecular flexibility index (Phi) is 6.59. The molecular formula is C19H15F3O5. The summed E-state index contributed by atoms with van der Waals surface area (Å²) in [6.45, 7) is -0.437. The molecular weight excluding hydrogens is 365 g/mol. The summed E-state index contributed by atoms with van der Waals surface area (Å²) in [6, 6.07) is 11.2. The van der Waals surface area contributed by atoms with Gasteiger partial charge in [0.2, 0.25) is 0 Å². The second kappa shape index (κ2) is 8.88. The van der Waals surface area contributed by atoms with Crippen molar-refractivity contribution in [3.05, 3.63) is 65.7 Å². The van der Waals surface area contributed by atoms with E-state index in [2.05, 4.69) is 4.74 Å². The highest BCUT2D eigenvalue weighted by Gasteiger charge is 2.30. The SMILES string of the molecule is COc1ccc(C(=O)COC(=O)C=Cc2ccc(OC(F)(F)F)cc2)cc1. The monoisotopic (exact) mass is 380 g/mol. The molecule has 0 N–H and O–H groups in total. The van der Waals surface area contributed by atoms with Crippen molar-refractivity contribution in [3.8, 4) is 11.5 Å². The zero-order valence-electron chi connectivity index (χ0n) is 14.2. The number of hydrogen-bond donors (Lipinski definition) is 0. The smallest absolute Gasteiger partial charge is 0.497 e. The maximum absolute atomic E-state index is 12.1. The molecule has 27 heavy (non-hydrogen) atoms. The number of halogens is 3. The summed E-state index contributed by atoms with van der Waals surface area (Å²) in [6.07, 6.45) is -2.35. The van der Waals surface area contributed by atoms with E-state index in [1.54, 1.807) is 24.3 Å². The van der Waals surface area contributed by atoms with Gasteiger partial charge in [0.15, 0.2) is 12.4 Å². The molecule has 0 aliphatic heterocycles. The van der Waals surface area contributed by atoms with Gasteiger partial charge in [-0.2, -0.15) is 0 Å². The fraction of sp³-hybridized carbons (Fsp3) is 0.158. The van der Waals surface area contributed by atoms with Gasteiger partial charge < -0.3 is 14.2 Å². The molecule has 0 atom stereocenters. The highest BCUT2D eigenvalue weighted by atomic mass is 19.4. The lowest BCUT2D eigenvalue weighted by atomic mass is 10.1. The van der Waals surface area contributed by atoms with Crippen LogP contribution in [-0.2, 0) is 9.53 Å². The van der Waals surface area contributed by atoms with E-state index < -0.39 is 18.9 Å². The lowest BCUT2D eigenvalue weighted by molar-refractivity contribution is -0.274. The molecule has 0 aromatic heterocycles. The number of esters is 1. The van der Waals surface area contributed by atoms with E-state index in [0.717, 1.165) is 18.2 Å². The molecule has 0 radical (unpaired) electrons. The Hall–Kier alpha value is -3.29. The molecule has 142 valence electrons. The molecule has 0 heterocycles. The van der Waals surface area contributed by atoms with Crippen molar-refractivity contribution in [1.29, 1.82) is 0 Å². The average molecular weight is 380 g/mol. The largest absolute Gasteiger partial charge is 0.573 e. The number of ether oxygens (including phenoxy) is 3. The average Bonchev–Trinajstić information content (AvgIpc) is 2.64. The molecule has 0 saturated carbocycles. The maximum atomic E-state index is 12.1. The van der Waals surface area contributed by atoms with Crippen LogP contribution in [-0.4, -0.2) is 31.8 Å². The Morgan fingerprint density at radius 3 is 2.11 bits per heavy atom. The standard InChI is InChI=1S/C19H15F3O5/c1-25-15-9-5-14(6-10-15)17(23)12-26-18(24)11-4-13-2-7-16(8-3-13)27-19(20,21)22/h2-11H,12H2,1H3. The molecule has 5 nitrogen and oxygen atoms in total. The van der Waals surface area contributed by atoms with Crippen molar-refractivity contribution >= 4 is 17.8 Å². The van der Waals surface area contributed by atoms with Crippen LogP contribution in [0.15, 0.2) is 54.6 Å². The zero-order valence-corrected chi connectivity index (χ0v) is 14.2. The molecule has 2 aromatic rings. The van der Waals surface area contributed by atoms with E-state index in [1.807, 2.05) is 0 Å². The summed E-state index contributed by atoms with van der Waals surface area (Å²) in [5.41, 5.74) is 0.829. The van der Waals surface area contributed by atoms with Crippen LogP contribution >= 0.6 is 0 Å². The van der Waals surface area contributed by atoms with Crippen LogP contribution in [0.2, 0.25) is 0 Å². The second-order valence-electron chi connectivity index (χ2n) is 5.21. The van der Waals surface area contributed by atoms with Gasteiger partial charge in [0.05, 0.1) is 7.11 Å². The van der Waals surface area contributed by atoms with Crippen molar-refractivity contribution < 1.29 is 37.0 Å². The summed E-state index contributed by atoms with van der Waals surface area (Å²) in [7, 11) is 1.50. The number of carbonyl (C=O) groups is 2. The van der Waals surface area contributed by atoms with Crippen LogP contribution in [0.3, 0.4) is 0 Å². The molecule has 0 spiro atoms. The number of hydrogen-bond acceptors (Lipinski definition) is 5. The minimum Gasteiger partial charge on any atom is -0.497 e. The van der Waals surface area contributed by atoms with Crippen molar-refractivity contribution in [2.24, 2.45) is 0 Å². The van der Waals surface area contributed by atoms with Crippen molar-refractivity contribution in [1.82, 2.24) is 0 Å². The maximum Gasteiger partial charge on any atom is 0.573 e. The summed E-state index contributed by atoms with van der Waals surface area (Å²) in [5, 5.41) is 0. The minimum atomic E-state index is -4.77. The second-order valence-corrected chi connectivity index (χ2v) is 5.21. The Labute approximate surface area is 153 Å². The third-order valence-electron chi connectivity index (χ3n) is 3.28. The van der Waals surface area contributed by atoms with Crippen molar-refractivity contribution in [2.45, 2.75) is 6.36 Å². The molecule has 8 heteroatoms. The number of Topliss-reactive ketones (excluding diaryl/α,β-unsaturated/α-hetero) is 1. The summed E-state index contributed by atoms with van der Waals surface area (Å²) in [4.78, 5) is 23.6. The minimum absolute atomic E-state index is 0.368. The van der Waals surface area contributed by atoms with Gasteiger partial charge in [0.25, 0.3) is 0 Å². The van der Waals surface area contributed by atoms with E-state index in [0.29, 0.717) is 16.9 Å². The Morgan fingerprint density at radius 1 is 0.963 bits per heavy atom. The first-order valence-corrected chi connectivity index (χ1v) is 7.65. The van der Waals surface area contributed by atoms with E-state index in [-0.39, 0.29) is 11.5 Å². The van der Waals surface area contributed by atoms with Gasteiger partial charge in [0.1, 0.15) is 11.5 Å². The Bertz CT molecular complexity index is 809. The zero-order chi connectivity index (χ0) is 19.9. The topological polar surface area (TPSA) is 61.8 Å². The van der Waals surface area contributed by atoms with E-state index in [1.165, 1.54) is 25.3 Å². The number of rotatable bonds is 7. The first-order chi connectivity index (χ1) is 12.8. The molecule has 0 unspecified atom stereocenters. The predicted octanol–water partition coefficient (Wildman–Crippen LogP) is 4.03. The number of ketones is 1. The first kappa shape index (κ1) is 20.0. The normalized spacial score (nSPS) is 11.3. The van der Waals surface area contributed by atoms with Gasteiger partial charge in [-0.1, -0.05) is 12.1 Å². The van der Waals surface area contributed by atoms with Crippen LogP contribution < -0.4 is 9.47 Å². The number of benzene rings is 2. The number of methoxy groups -OCH3 is 1. The molecule has 0 saturated heterocycles. The number of alkyl halides is 3. The fourth-order valence-electron chi connectivity index (χ4n) is 1.99. The van der Waals surface area contributed by atoms with Gasteiger partial charge in [-0.15, -0.1) is 13.2 Å². The molecule has 0 bridgehead atoms. The van der Waals surface area contributed by atoms with Crippen molar-refractivity contribution in [2.75, 3.05) is 13.7 Å². The van der Waals surface area contributed by atoms with E-state index >= 15 is 0 Å². The summed E-state index contributed by atoms with van der Waals surface area (Å²) >= 11 is 0. The van der Waals surface area contributed by atoms with Gasteiger partial charge in [0, 0.05) is 11.6 Å². The van der Waals surface area contributed by atoms with Gasteiger partial charge in [-0.3, -0.25) is 4.79 Å².